The molecule has 0 aromatic heterocycles. The van der Waals surface area contributed by atoms with Crippen LogP contribution in [0.5, 0.6) is 5.75 Å². The summed E-state index contributed by atoms with van der Waals surface area (Å²) in [7, 11) is 0. The minimum atomic E-state index is -0.456. The third-order valence-electron chi connectivity index (χ3n) is 3.62. The van der Waals surface area contributed by atoms with Crippen molar-refractivity contribution in [1.82, 2.24) is 0 Å². The molecule has 0 heterocycles. The number of hydrogen-bond donors (Lipinski definition) is 2. The smallest absolute Gasteiger partial charge is 0.141 e. The Balaban J connectivity index is 0.00000162. The molecule has 1 fully saturated rings. The molecule has 5 heteroatoms. The van der Waals surface area contributed by atoms with Crippen LogP contribution in [0.1, 0.15) is 43.7 Å². The van der Waals surface area contributed by atoms with Gasteiger partial charge in [-0.15, -0.1) is 12.4 Å². The van der Waals surface area contributed by atoms with Crippen molar-refractivity contribution in [2.24, 2.45) is 11.7 Å². The summed E-state index contributed by atoms with van der Waals surface area (Å²) in [4.78, 5) is 0. The molecule has 102 valence electrons. The van der Waals surface area contributed by atoms with Crippen LogP contribution in [0.25, 0.3) is 0 Å². The third kappa shape index (κ3) is 3.16. The maximum absolute atomic E-state index is 13.2. The SMILES string of the molecule is Cl.N[C@H](c1ccc(F)c(Br)c1O)C1CCCCC1. The van der Waals surface area contributed by atoms with E-state index in [1.807, 2.05) is 0 Å². The average Bonchev–Trinajstić information content (AvgIpc) is 2.36. The lowest BCUT2D eigenvalue weighted by Gasteiger charge is -2.28. The molecule has 1 aliphatic rings. The fraction of sp³-hybridized carbons (Fsp3) is 0.538. The van der Waals surface area contributed by atoms with E-state index in [1.54, 1.807) is 6.07 Å². The molecule has 0 saturated heterocycles. The Morgan fingerprint density at radius 3 is 2.50 bits per heavy atom. The summed E-state index contributed by atoms with van der Waals surface area (Å²) in [5.74, 6) is -0.114. The van der Waals surface area contributed by atoms with E-state index in [2.05, 4.69) is 15.9 Å². The molecular formula is C13H18BrClFNO. The second-order valence-corrected chi connectivity index (χ2v) is 5.52. The predicted octanol–water partition coefficient (Wildman–Crippen LogP) is 4.30. The van der Waals surface area contributed by atoms with Gasteiger partial charge in [0.2, 0.25) is 0 Å². The van der Waals surface area contributed by atoms with Crippen LogP contribution in [-0.4, -0.2) is 5.11 Å². The maximum Gasteiger partial charge on any atom is 0.141 e. The first kappa shape index (κ1) is 15.7. The highest BCUT2D eigenvalue weighted by atomic mass is 79.9. The summed E-state index contributed by atoms with van der Waals surface area (Å²) in [5, 5.41) is 9.91. The van der Waals surface area contributed by atoms with Crippen molar-refractivity contribution in [2.45, 2.75) is 38.1 Å². The summed E-state index contributed by atoms with van der Waals surface area (Å²) in [6, 6.07) is 2.74. The fourth-order valence-electron chi connectivity index (χ4n) is 2.57. The van der Waals surface area contributed by atoms with E-state index in [0.29, 0.717) is 11.5 Å². The first-order chi connectivity index (χ1) is 8.11. The number of benzene rings is 1. The van der Waals surface area contributed by atoms with Crippen LogP contribution < -0.4 is 5.73 Å². The van der Waals surface area contributed by atoms with Crippen molar-refractivity contribution in [3.63, 3.8) is 0 Å². The van der Waals surface area contributed by atoms with Crippen LogP contribution in [0.4, 0.5) is 4.39 Å². The van der Waals surface area contributed by atoms with Gasteiger partial charge in [0.25, 0.3) is 0 Å². The number of rotatable bonds is 2. The van der Waals surface area contributed by atoms with Crippen LogP contribution in [0, 0.1) is 11.7 Å². The maximum atomic E-state index is 13.2. The van der Waals surface area contributed by atoms with Gasteiger partial charge in [-0.05, 0) is 40.8 Å². The Morgan fingerprint density at radius 1 is 1.28 bits per heavy atom. The molecule has 2 rings (SSSR count). The van der Waals surface area contributed by atoms with E-state index in [9.17, 15) is 9.50 Å². The van der Waals surface area contributed by atoms with Crippen LogP contribution >= 0.6 is 28.3 Å². The predicted molar refractivity (Wildman–Crippen MR) is 76.5 cm³/mol. The minimum absolute atomic E-state index is 0. The molecule has 18 heavy (non-hydrogen) atoms. The number of aromatic hydroxyl groups is 1. The Hall–Kier alpha value is -0.320. The van der Waals surface area contributed by atoms with Crippen molar-refractivity contribution in [3.05, 3.63) is 28.0 Å². The second-order valence-electron chi connectivity index (χ2n) is 4.72. The number of halogens is 3. The van der Waals surface area contributed by atoms with Gasteiger partial charge in [-0.3, -0.25) is 0 Å². The Kier molecular flexibility index (Phi) is 5.89. The van der Waals surface area contributed by atoms with Gasteiger partial charge in [0.1, 0.15) is 11.6 Å². The van der Waals surface area contributed by atoms with E-state index in [4.69, 9.17) is 5.73 Å². The van der Waals surface area contributed by atoms with Crippen LogP contribution in [0.3, 0.4) is 0 Å². The van der Waals surface area contributed by atoms with Crippen LogP contribution in [0.2, 0.25) is 0 Å². The minimum Gasteiger partial charge on any atom is -0.506 e. The molecule has 1 aromatic carbocycles. The first-order valence-corrected chi connectivity index (χ1v) is 6.83. The van der Waals surface area contributed by atoms with Gasteiger partial charge in [0.15, 0.2) is 0 Å². The monoisotopic (exact) mass is 337 g/mol. The lowest BCUT2D eigenvalue weighted by molar-refractivity contribution is 0.302. The molecule has 0 aliphatic heterocycles. The summed E-state index contributed by atoms with van der Waals surface area (Å²) >= 11 is 3.04. The van der Waals surface area contributed by atoms with E-state index in [1.165, 1.54) is 25.3 Å². The molecule has 3 N–H and O–H groups in total. The van der Waals surface area contributed by atoms with Gasteiger partial charge in [0, 0.05) is 11.6 Å². The molecule has 1 atom stereocenters. The molecule has 0 amide bonds. The summed E-state index contributed by atoms with van der Waals surface area (Å²) in [6.07, 6.45) is 5.84. The van der Waals surface area contributed by atoms with Crippen molar-refractivity contribution >= 4 is 28.3 Å². The molecule has 0 spiro atoms. The third-order valence-corrected chi connectivity index (χ3v) is 4.37. The van der Waals surface area contributed by atoms with E-state index < -0.39 is 5.82 Å². The van der Waals surface area contributed by atoms with E-state index in [0.717, 1.165) is 12.8 Å². The number of nitrogens with two attached hydrogens (primary N) is 1. The van der Waals surface area contributed by atoms with Gasteiger partial charge in [-0.25, -0.2) is 4.39 Å². The van der Waals surface area contributed by atoms with E-state index in [-0.39, 0.29) is 28.7 Å². The van der Waals surface area contributed by atoms with Gasteiger partial charge in [-0.1, -0.05) is 25.3 Å². The van der Waals surface area contributed by atoms with Gasteiger partial charge in [-0.2, -0.15) is 0 Å². The van der Waals surface area contributed by atoms with Gasteiger partial charge < -0.3 is 10.8 Å². The Labute approximate surface area is 121 Å². The Bertz CT molecular complexity index is 410. The quantitative estimate of drug-likeness (QED) is 0.844. The molecular weight excluding hydrogens is 321 g/mol. The molecule has 1 aromatic rings. The normalized spacial score (nSPS) is 18.2. The van der Waals surface area contributed by atoms with Crippen molar-refractivity contribution in [3.8, 4) is 5.75 Å². The van der Waals surface area contributed by atoms with Gasteiger partial charge in [0.05, 0.1) is 4.47 Å². The lowest BCUT2D eigenvalue weighted by Crippen LogP contribution is -2.23. The molecule has 2 nitrogen and oxygen atoms in total. The van der Waals surface area contributed by atoms with Crippen LogP contribution in [0.15, 0.2) is 16.6 Å². The largest absolute Gasteiger partial charge is 0.506 e. The highest BCUT2D eigenvalue weighted by Crippen LogP contribution is 2.39. The average molecular weight is 339 g/mol. The molecule has 1 saturated carbocycles. The molecule has 0 unspecified atom stereocenters. The highest BCUT2D eigenvalue weighted by Gasteiger charge is 2.25. The number of hydrogen-bond acceptors (Lipinski definition) is 2. The zero-order chi connectivity index (χ0) is 12.4. The first-order valence-electron chi connectivity index (χ1n) is 6.03. The topological polar surface area (TPSA) is 46.2 Å². The lowest BCUT2D eigenvalue weighted by atomic mass is 9.81. The van der Waals surface area contributed by atoms with Crippen LogP contribution in [-0.2, 0) is 0 Å². The van der Waals surface area contributed by atoms with E-state index >= 15 is 0 Å². The standard InChI is InChI=1S/C13H17BrFNO.ClH/c14-11-10(15)7-6-9(13(11)17)12(16)8-4-2-1-3-5-8;/h6-8,12,17H,1-5,16H2;1H/t12-;/m0./s1. The Morgan fingerprint density at radius 2 is 1.89 bits per heavy atom. The second kappa shape index (κ2) is 6.73. The summed E-state index contributed by atoms with van der Waals surface area (Å²) in [6.45, 7) is 0. The van der Waals surface area contributed by atoms with Crippen molar-refractivity contribution < 1.29 is 9.50 Å². The fourth-order valence-corrected chi connectivity index (χ4v) is 2.93. The van der Waals surface area contributed by atoms with Crippen molar-refractivity contribution in [2.75, 3.05) is 0 Å². The summed E-state index contributed by atoms with van der Waals surface area (Å²) in [5.41, 5.74) is 6.83. The number of phenols is 1. The van der Waals surface area contributed by atoms with Gasteiger partial charge >= 0.3 is 0 Å². The zero-order valence-electron chi connectivity index (χ0n) is 10.0. The molecule has 0 bridgehead atoms. The molecule has 1 aliphatic carbocycles. The number of phenolic OH excluding ortho intramolecular Hbond substituents is 1. The highest BCUT2D eigenvalue weighted by molar-refractivity contribution is 9.10. The zero-order valence-corrected chi connectivity index (χ0v) is 12.4. The summed E-state index contributed by atoms with van der Waals surface area (Å²) < 4.78 is 13.3. The molecule has 0 radical (unpaired) electrons. The van der Waals surface area contributed by atoms with Crippen molar-refractivity contribution in [1.29, 1.82) is 0 Å².